The lowest BCUT2D eigenvalue weighted by Gasteiger charge is -2.05. The molecule has 0 aliphatic rings. The summed E-state index contributed by atoms with van der Waals surface area (Å²) in [6.45, 7) is 0.134. The SMILES string of the molecule is N#Cc1c(F)cccc1OCc1ccon1. The van der Waals surface area contributed by atoms with Crippen LogP contribution in [0.2, 0.25) is 0 Å². The largest absolute Gasteiger partial charge is 0.486 e. The van der Waals surface area contributed by atoms with Crippen LogP contribution in [-0.2, 0) is 6.61 Å². The third kappa shape index (κ3) is 2.01. The molecule has 2 rings (SSSR count). The van der Waals surface area contributed by atoms with Crippen LogP contribution in [0.5, 0.6) is 5.75 Å². The number of aromatic nitrogens is 1. The highest BCUT2D eigenvalue weighted by atomic mass is 19.1. The fraction of sp³-hybridized carbons (Fsp3) is 0.0909. The van der Waals surface area contributed by atoms with Gasteiger partial charge in [0.25, 0.3) is 0 Å². The van der Waals surface area contributed by atoms with Crippen LogP contribution in [0.25, 0.3) is 0 Å². The lowest BCUT2D eigenvalue weighted by molar-refractivity contribution is 0.287. The maximum Gasteiger partial charge on any atom is 0.144 e. The normalized spacial score (nSPS) is 9.75. The second-order valence-electron chi connectivity index (χ2n) is 3.00. The predicted octanol–water partition coefficient (Wildman–Crippen LogP) is 2.26. The van der Waals surface area contributed by atoms with E-state index in [1.807, 2.05) is 0 Å². The van der Waals surface area contributed by atoms with Gasteiger partial charge in [0.05, 0.1) is 0 Å². The van der Waals surface area contributed by atoms with Crippen LogP contribution in [0.4, 0.5) is 4.39 Å². The molecule has 0 aliphatic carbocycles. The summed E-state index contributed by atoms with van der Waals surface area (Å²) in [7, 11) is 0. The predicted molar refractivity (Wildman–Crippen MR) is 52.0 cm³/mol. The van der Waals surface area contributed by atoms with E-state index in [4.69, 9.17) is 10.00 Å². The molecular formula is C11H7FN2O2. The summed E-state index contributed by atoms with van der Waals surface area (Å²) >= 11 is 0. The molecule has 0 spiro atoms. The maximum absolute atomic E-state index is 13.2. The van der Waals surface area contributed by atoms with Gasteiger partial charge >= 0.3 is 0 Å². The Morgan fingerprint density at radius 1 is 1.44 bits per heavy atom. The van der Waals surface area contributed by atoms with Crippen molar-refractivity contribution in [2.75, 3.05) is 0 Å². The molecule has 0 saturated carbocycles. The van der Waals surface area contributed by atoms with Crippen molar-refractivity contribution in [3.05, 3.63) is 47.6 Å². The number of halogens is 1. The van der Waals surface area contributed by atoms with Gasteiger partial charge in [-0.2, -0.15) is 5.26 Å². The summed E-state index contributed by atoms with van der Waals surface area (Å²) in [6.07, 6.45) is 1.41. The molecule has 5 heteroatoms. The first-order chi connectivity index (χ1) is 7.81. The Bertz CT molecular complexity index is 517. The van der Waals surface area contributed by atoms with Crippen molar-refractivity contribution in [2.24, 2.45) is 0 Å². The lowest BCUT2D eigenvalue weighted by atomic mass is 10.2. The molecule has 1 aromatic heterocycles. The molecule has 0 N–H and O–H groups in total. The van der Waals surface area contributed by atoms with Crippen molar-refractivity contribution in [1.29, 1.82) is 5.26 Å². The summed E-state index contributed by atoms with van der Waals surface area (Å²) in [5, 5.41) is 12.4. The molecule has 1 aromatic carbocycles. The average Bonchev–Trinajstić information content (AvgIpc) is 2.79. The highest BCUT2D eigenvalue weighted by Crippen LogP contribution is 2.21. The zero-order valence-corrected chi connectivity index (χ0v) is 8.18. The van der Waals surface area contributed by atoms with Gasteiger partial charge in [0, 0.05) is 6.07 Å². The monoisotopic (exact) mass is 218 g/mol. The van der Waals surface area contributed by atoms with Crippen molar-refractivity contribution in [3.63, 3.8) is 0 Å². The first-order valence-corrected chi connectivity index (χ1v) is 4.52. The van der Waals surface area contributed by atoms with Gasteiger partial charge in [0.2, 0.25) is 0 Å². The van der Waals surface area contributed by atoms with Crippen molar-refractivity contribution < 1.29 is 13.7 Å². The van der Waals surface area contributed by atoms with Gasteiger partial charge in [-0.1, -0.05) is 11.2 Å². The van der Waals surface area contributed by atoms with E-state index in [2.05, 4.69) is 9.68 Å². The Morgan fingerprint density at radius 2 is 2.31 bits per heavy atom. The number of nitrogens with zero attached hydrogens (tertiary/aromatic N) is 2. The van der Waals surface area contributed by atoms with E-state index in [-0.39, 0.29) is 17.9 Å². The summed E-state index contributed by atoms with van der Waals surface area (Å²) in [6, 6.07) is 7.60. The van der Waals surface area contributed by atoms with E-state index >= 15 is 0 Å². The van der Waals surface area contributed by atoms with Crippen LogP contribution in [0.1, 0.15) is 11.3 Å². The topological polar surface area (TPSA) is 59.0 Å². The Kier molecular flexibility index (Phi) is 2.83. The molecule has 0 atom stereocenters. The Morgan fingerprint density at radius 3 is 3.00 bits per heavy atom. The smallest absolute Gasteiger partial charge is 0.144 e. The number of benzene rings is 1. The minimum absolute atomic E-state index is 0.106. The van der Waals surface area contributed by atoms with Crippen molar-refractivity contribution >= 4 is 0 Å². The third-order valence-corrected chi connectivity index (χ3v) is 1.95. The van der Waals surface area contributed by atoms with Gasteiger partial charge < -0.3 is 9.26 Å². The van der Waals surface area contributed by atoms with Crippen molar-refractivity contribution in [2.45, 2.75) is 6.61 Å². The van der Waals surface area contributed by atoms with Crippen molar-refractivity contribution in [3.8, 4) is 11.8 Å². The highest BCUT2D eigenvalue weighted by Gasteiger charge is 2.09. The van der Waals surface area contributed by atoms with Crippen LogP contribution in [0, 0.1) is 17.1 Å². The minimum Gasteiger partial charge on any atom is -0.486 e. The van der Waals surface area contributed by atoms with Crippen LogP contribution in [-0.4, -0.2) is 5.16 Å². The van der Waals surface area contributed by atoms with E-state index in [0.29, 0.717) is 5.69 Å². The van der Waals surface area contributed by atoms with Crippen LogP contribution >= 0.6 is 0 Å². The second-order valence-corrected chi connectivity index (χ2v) is 3.00. The number of ether oxygens (including phenoxy) is 1. The molecule has 0 saturated heterocycles. The molecule has 0 aliphatic heterocycles. The molecular weight excluding hydrogens is 211 g/mol. The fourth-order valence-corrected chi connectivity index (χ4v) is 1.20. The summed E-state index contributed by atoms with van der Waals surface area (Å²) < 4.78 is 23.1. The molecule has 1 heterocycles. The van der Waals surface area contributed by atoms with Gasteiger partial charge in [0.15, 0.2) is 0 Å². The zero-order chi connectivity index (χ0) is 11.4. The van der Waals surface area contributed by atoms with Gasteiger partial charge in [0.1, 0.15) is 41.8 Å². The van der Waals surface area contributed by atoms with Gasteiger partial charge in [-0.3, -0.25) is 0 Å². The molecule has 2 aromatic rings. The molecule has 0 unspecified atom stereocenters. The highest BCUT2D eigenvalue weighted by molar-refractivity contribution is 5.43. The molecule has 0 fully saturated rings. The van der Waals surface area contributed by atoms with Crippen molar-refractivity contribution in [1.82, 2.24) is 5.16 Å². The third-order valence-electron chi connectivity index (χ3n) is 1.95. The van der Waals surface area contributed by atoms with E-state index in [0.717, 1.165) is 0 Å². The zero-order valence-electron chi connectivity index (χ0n) is 8.18. The van der Waals surface area contributed by atoms with Gasteiger partial charge in [-0.15, -0.1) is 0 Å². The molecule has 0 amide bonds. The van der Waals surface area contributed by atoms with E-state index < -0.39 is 5.82 Å². The fourth-order valence-electron chi connectivity index (χ4n) is 1.20. The molecule has 0 bridgehead atoms. The van der Waals surface area contributed by atoms with Crippen LogP contribution < -0.4 is 4.74 Å². The molecule has 4 nitrogen and oxygen atoms in total. The molecule has 0 radical (unpaired) electrons. The number of hydrogen-bond acceptors (Lipinski definition) is 4. The quantitative estimate of drug-likeness (QED) is 0.792. The van der Waals surface area contributed by atoms with E-state index in [9.17, 15) is 4.39 Å². The standard InChI is InChI=1S/C11H7FN2O2/c12-10-2-1-3-11(9(10)6-13)15-7-8-4-5-16-14-8/h1-5H,7H2. The van der Waals surface area contributed by atoms with Crippen LogP contribution in [0.3, 0.4) is 0 Å². The first kappa shape index (κ1) is 10.2. The second kappa shape index (κ2) is 4.45. The van der Waals surface area contributed by atoms with Gasteiger partial charge in [-0.05, 0) is 12.1 Å². The molecule has 80 valence electrons. The minimum atomic E-state index is -0.597. The lowest BCUT2D eigenvalue weighted by Crippen LogP contribution is -1.98. The maximum atomic E-state index is 13.2. The van der Waals surface area contributed by atoms with E-state index in [1.54, 1.807) is 12.1 Å². The van der Waals surface area contributed by atoms with E-state index in [1.165, 1.54) is 24.5 Å². The molecule has 16 heavy (non-hydrogen) atoms. The Balaban J connectivity index is 2.16. The summed E-state index contributed by atoms with van der Waals surface area (Å²) in [5.74, 6) is -0.398. The summed E-state index contributed by atoms with van der Waals surface area (Å²) in [4.78, 5) is 0. The Hall–Kier alpha value is -2.35. The number of rotatable bonds is 3. The number of hydrogen-bond donors (Lipinski definition) is 0. The van der Waals surface area contributed by atoms with Crippen LogP contribution in [0.15, 0.2) is 35.1 Å². The first-order valence-electron chi connectivity index (χ1n) is 4.52. The summed E-state index contributed by atoms with van der Waals surface area (Å²) in [5.41, 5.74) is 0.471. The average molecular weight is 218 g/mol. The number of nitriles is 1. The van der Waals surface area contributed by atoms with Gasteiger partial charge in [-0.25, -0.2) is 4.39 Å². The Labute approximate surface area is 90.9 Å².